The van der Waals surface area contributed by atoms with Crippen molar-refractivity contribution in [1.29, 1.82) is 0 Å². The summed E-state index contributed by atoms with van der Waals surface area (Å²) in [5, 5.41) is 7.84. The molecule has 0 amide bonds. The van der Waals surface area contributed by atoms with Gasteiger partial charge >= 0.3 is 0 Å². The molecule has 0 unspecified atom stereocenters. The summed E-state index contributed by atoms with van der Waals surface area (Å²) in [4.78, 5) is 0. The van der Waals surface area contributed by atoms with Crippen LogP contribution in [0.25, 0.3) is 0 Å². The monoisotopic (exact) mass is 227 g/mol. The highest BCUT2D eigenvalue weighted by Crippen LogP contribution is 1.94. The molecule has 5 heteroatoms. The maximum atomic E-state index is 5.47. The molecule has 0 aliphatic rings. The first kappa shape index (κ1) is 13.1. The van der Waals surface area contributed by atoms with E-state index in [4.69, 9.17) is 9.47 Å². The molecule has 0 aromatic carbocycles. The lowest BCUT2D eigenvalue weighted by Crippen LogP contribution is -2.04. The summed E-state index contributed by atoms with van der Waals surface area (Å²) >= 11 is 0. The van der Waals surface area contributed by atoms with Gasteiger partial charge in [-0.25, -0.2) is 0 Å². The highest BCUT2D eigenvalue weighted by Gasteiger charge is 1.97. The quantitative estimate of drug-likeness (QED) is 0.595. The molecule has 0 fully saturated rings. The molecule has 0 bridgehead atoms. The van der Waals surface area contributed by atoms with Crippen molar-refractivity contribution in [3.63, 3.8) is 0 Å². The molecule has 16 heavy (non-hydrogen) atoms. The Labute approximate surface area is 96.7 Å². The minimum Gasteiger partial charge on any atom is -0.381 e. The van der Waals surface area contributed by atoms with Crippen LogP contribution in [0.2, 0.25) is 0 Å². The van der Waals surface area contributed by atoms with Crippen LogP contribution in [0.4, 0.5) is 0 Å². The van der Waals surface area contributed by atoms with Crippen LogP contribution in [-0.2, 0) is 22.9 Å². The summed E-state index contributed by atoms with van der Waals surface area (Å²) < 4.78 is 12.5. The van der Waals surface area contributed by atoms with E-state index in [0.29, 0.717) is 6.61 Å². The number of ether oxygens (including phenoxy) is 2. The zero-order chi connectivity index (χ0) is 11.6. The van der Waals surface area contributed by atoms with Crippen LogP contribution in [0.1, 0.15) is 25.5 Å². The van der Waals surface area contributed by atoms with Crippen LogP contribution in [0, 0.1) is 0 Å². The first-order valence-corrected chi connectivity index (χ1v) is 5.83. The number of hydrogen-bond acceptors (Lipinski definition) is 4. The minimum atomic E-state index is 0.701. The molecule has 1 aromatic heterocycles. The van der Waals surface area contributed by atoms with Crippen molar-refractivity contribution in [3.8, 4) is 0 Å². The maximum Gasteiger partial charge on any atom is 0.0849 e. The topological polar surface area (TPSA) is 49.2 Å². The average molecular weight is 227 g/mol. The number of aromatic nitrogens is 3. The lowest BCUT2D eigenvalue weighted by molar-refractivity contribution is 0.0840. The molecule has 1 rings (SSSR count). The fourth-order valence-electron chi connectivity index (χ4n) is 1.30. The Hall–Kier alpha value is -0.940. The molecule has 0 spiro atoms. The van der Waals surface area contributed by atoms with Crippen molar-refractivity contribution in [2.24, 2.45) is 7.05 Å². The maximum absolute atomic E-state index is 5.47. The van der Waals surface area contributed by atoms with Gasteiger partial charge in [0.15, 0.2) is 0 Å². The van der Waals surface area contributed by atoms with Crippen molar-refractivity contribution in [1.82, 2.24) is 15.0 Å². The first-order valence-electron chi connectivity index (χ1n) is 5.83. The van der Waals surface area contributed by atoms with E-state index in [-0.39, 0.29) is 0 Å². The molecule has 5 nitrogen and oxygen atoms in total. The summed E-state index contributed by atoms with van der Waals surface area (Å²) in [5.74, 6) is 0. The van der Waals surface area contributed by atoms with Crippen molar-refractivity contribution in [3.05, 3.63) is 11.9 Å². The van der Waals surface area contributed by atoms with Gasteiger partial charge in [-0.05, 0) is 12.8 Å². The third-order valence-electron chi connectivity index (χ3n) is 2.08. The van der Waals surface area contributed by atoms with E-state index in [1.165, 1.54) is 0 Å². The smallest absolute Gasteiger partial charge is 0.0849 e. The van der Waals surface area contributed by atoms with Gasteiger partial charge in [0.25, 0.3) is 0 Å². The Morgan fingerprint density at radius 3 is 2.56 bits per heavy atom. The zero-order valence-electron chi connectivity index (χ0n) is 10.2. The fraction of sp³-hybridized carbons (Fsp3) is 0.818. The van der Waals surface area contributed by atoms with E-state index < -0.39 is 0 Å². The summed E-state index contributed by atoms with van der Waals surface area (Å²) in [6.07, 6.45) is 4.77. The molecule has 0 saturated carbocycles. The SMILES string of the molecule is CCCOCCCOCCc1cn(C)nn1. The van der Waals surface area contributed by atoms with Crippen LogP contribution in [0.15, 0.2) is 6.20 Å². The Bertz CT molecular complexity index is 276. The summed E-state index contributed by atoms with van der Waals surface area (Å²) in [6, 6.07) is 0. The van der Waals surface area contributed by atoms with Gasteiger partial charge in [-0.1, -0.05) is 12.1 Å². The van der Waals surface area contributed by atoms with Gasteiger partial charge in [-0.3, -0.25) is 4.68 Å². The van der Waals surface area contributed by atoms with E-state index in [0.717, 1.165) is 44.8 Å². The van der Waals surface area contributed by atoms with Crippen molar-refractivity contribution < 1.29 is 9.47 Å². The molecule has 0 aliphatic carbocycles. The largest absolute Gasteiger partial charge is 0.381 e. The van der Waals surface area contributed by atoms with E-state index in [2.05, 4.69) is 17.2 Å². The minimum absolute atomic E-state index is 0.701. The fourth-order valence-corrected chi connectivity index (χ4v) is 1.30. The second kappa shape index (κ2) is 8.24. The van der Waals surface area contributed by atoms with Gasteiger partial charge in [-0.2, -0.15) is 0 Å². The van der Waals surface area contributed by atoms with Crippen molar-refractivity contribution in [2.75, 3.05) is 26.4 Å². The predicted molar refractivity (Wildman–Crippen MR) is 61.3 cm³/mol. The molecule has 0 N–H and O–H groups in total. The van der Waals surface area contributed by atoms with Crippen LogP contribution in [-0.4, -0.2) is 41.4 Å². The van der Waals surface area contributed by atoms with Gasteiger partial charge in [0.05, 0.1) is 12.3 Å². The summed E-state index contributed by atoms with van der Waals surface area (Å²) in [7, 11) is 1.86. The Balaban J connectivity index is 1.88. The zero-order valence-corrected chi connectivity index (χ0v) is 10.2. The van der Waals surface area contributed by atoms with Gasteiger partial charge in [0, 0.05) is 39.5 Å². The van der Waals surface area contributed by atoms with Crippen LogP contribution in [0.3, 0.4) is 0 Å². The van der Waals surface area contributed by atoms with E-state index in [1.807, 2.05) is 13.2 Å². The van der Waals surface area contributed by atoms with Gasteiger partial charge in [0.2, 0.25) is 0 Å². The standard InChI is InChI=1S/C11H21N3O2/c1-3-6-15-7-4-8-16-9-5-11-10-14(2)13-12-11/h10H,3-9H2,1-2H3. The number of nitrogens with zero attached hydrogens (tertiary/aromatic N) is 3. The van der Waals surface area contributed by atoms with Gasteiger partial charge in [0.1, 0.15) is 0 Å². The average Bonchev–Trinajstić information content (AvgIpc) is 2.68. The number of aryl methyl sites for hydroxylation is 1. The Morgan fingerprint density at radius 1 is 1.19 bits per heavy atom. The molecule has 1 aromatic rings. The number of hydrogen-bond donors (Lipinski definition) is 0. The molecule has 0 radical (unpaired) electrons. The molecular formula is C11H21N3O2. The molecular weight excluding hydrogens is 206 g/mol. The van der Waals surface area contributed by atoms with Crippen LogP contribution >= 0.6 is 0 Å². The Kier molecular flexibility index (Phi) is 6.76. The van der Waals surface area contributed by atoms with E-state index in [9.17, 15) is 0 Å². The molecule has 1 heterocycles. The van der Waals surface area contributed by atoms with E-state index in [1.54, 1.807) is 4.68 Å². The van der Waals surface area contributed by atoms with Crippen molar-refractivity contribution in [2.45, 2.75) is 26.2 Å². The predicted octanol–water partition coefficient (Wildman–Crippen LogP) is 1.19. The molecule has 92 valence electrons. The number of rotatable bonds is 9. The molecule has 0 saturated heterocycles. The summed E-state index contributed by atoms with van der Waals surface area (Å²) in [5.41, 5.74) is 0.977. The normalized spacial score (nSPS) is 10.9. The lowest BCUT2D eigenvalue weighted by Gasteiger charge is -2.03. The van der Waals surface area contributed by atoms with Crippen LogP contribution < -0.4 is 0 Å². The Morgan fingerprint density at radius 2 is 1.94 bits per heavy atom. The highest BCUT2D eigenvalue weighted by molar-refractivity contribution is 4.91. The lowest BCUT2D eigenvalue weighted by atomic mass is 10.3. The molecule has 0 atom stereocenters. The molecule has 0 aliphatic heterocycles. The van der Waals surface area contributed by atoms with Gasteiger partial charge in [-0.15, -0.1) is 5.10 Å². The summed E-state index contributed by atoms with van der Waals surface area (Å²) in [6.45, 7) is 5.20. The first-order chi connectivity index (χ1) is 7.83. The second-order valence-electron chi connectivity index (χ2n) is 3.71. The van der Waals surface area contributed by atoms with E-state index >= 15 is 0 Å². The van der Waals surface area contributed by atoms with Crippen LogP contribution in [0.5, 0.6) is 0 Å². The van der Waals surface area contributed by atoms with Gasteiger partial charge < -0.3 is 9.47 Å². The third kappa shape index (κ3) is 5.82. The highest BCUT2D eigenvalue weighted by atomic mass is 16.5. The second-order valence-corrected chi connectivity index (χ2v) is 3.71. The van der Waals surface area contributed by atoms with Crippen molar-refractivity contribution >= 4 is 0 Å². The third-order valence-corrected chi connectivity index (χ3v) is 2.08.